The number of fused-ring (bicyclic) bond motifs is 15. The number of hydrogen-bond acceptors (Lipinski definition) is 1. The van der Waals surface area contributed by atoms with E-state index in [4.69, 9.17) is 4.98 Å². The highest BCUT2D eigenvalue weighted by Crippen LogP contribution is 2.64. The van der Waals surface area contributed by atoms with E-state index in [9.17, 15) is 0 Å². The first-order valence-corrected chi connectivity index (χ1v) is 15.0. The van der Waals surface area contributed by atoms with Crippen LogP contribution in [0.4, 0.5) is 0 Å². The number of hydrogen-bond donors (Lipinski definition) is 0. The Kier molecular flexibility index (Phi) is 4.44. The van der Waals surface area contributed by atoms with Crippen LogP contribution in [0.25, 0.3) is 66.0 Å². The number of pyridine rings is 1. The molecule has 0 bridgehead atoms. The summed E-state index contributed by atoms with van der Waals surface area (Å²) in [4.78, 5) is 5.32. The van der Waals surface area contributed by atoms with Crippen molar-refractivity contribution in [2.75, 3.05) is 0 Å². The molecule has 1 nitrogen and oxygen atoms in total. The predicted octanol–water partition coefficient (Wildman–Crippen LogP) is 10.6. The summed E-state index contributed by atoms with van der Waals surface area (Å²) >= 11 is 0. The lowest BCUT2D eigenvalue weighted by atomic mass is 9.70. The van der Waals surface area contributed by atoms with Crippen molar-refractivity contribution in [1.82, 2.24) is 4.98 Å². The van der Waals surface area contributed by atoms with Crippen LogP contribution in [0.15, 0.2) is 152 Å². The summed E-state index contributed by atoms with van der Waals surface area (Å²) in [5.74, 6) is 0. The highest BCUT2D eigenvalue weighted by molar-refractivity contribution is 6.20. The van der Waals surface area contributed by atoms with E-state index in [1.807, 2.05) is 0 Å². The summed E-state index contributed by atoms with van der Waals surface area (Å²) in [6.07, 6.45) is 0. The van der Waals surface area contributed by atoms with E-state index < -0.39 is 0 Å². The first kappa shape index (κ1) is 23.1. The van der Waals surface area contributed by atoms with E-state index in [1.165, 1.54) is 71.4 Å². The molecule has 1 aromatic heterocycles. The van der Waals surface area contributed by atoms with Crippen molar-refractivity contribution >= 4 is 32.4 Å². The molecule has 2 aliphatic rings. The quantitative estimate of drug-likeness (QED) is 0.188. The Bertz CT molecular complexity index is 2420. The van der Waals surface area contributed by atoms with E-state index in [-0.39, 0.29) is 5.41 Å². The lowest BCUT2D eigenvalue weighted by Gasteiger charge is -2.30. The number of para-hydroxylation sites is 1. The molecule has 1 spiro atoms. The van der Waals surface area contributed by atoms with Gasteiger partial charge in [-0.1, -0.05) is 140 Å². The van der Waals surface area contributed by atoms with Crippen molar-refractivity contribution in [2.24, 2.45) is 0 Å². The maximum absolute atomic E-state index is 5.32. The second-order valence-corrected chi connectivity index (χ2v) is 11.8. The summed E-state index contributed by atoms with van der Waals surface area (Å²) in [6, 6.07) is 55.8. The highest BCUT2D eigenvalue weighted by atomic mass is 14.7. The van der Waals surface area contributed by atoms with Crippen molar-refractivity contribution < 1.29 is 0 Å². The average Bonchev–Trinajstić information content (AvgIpc) is 3.55. The summed E-state index contributed by atoms with van der Waals surface area (Å²) in [5, 5.41) is 6.15. The zero-order valence-corrected chi connectivity index (χ0v) is 23.4. The van der Waals surface area contributed by atoms with Crippen LogP contribution in [0.1, 0.15) is 22.3 Å². The normalized spacial score (nSPS) is 13.8. The van der Waals surface area contributed by atoms with Gasteiger partial charge in [0.25, 0.3) is 0 Å². The molecule has 0 atom stereocenters. The van der Waals surface area contributed by atoms with Crippen LogP contribution in [0.5, 0.6) is 0 Å². The van der Waals surface area contributed by atoms with Crippen molar-refractivity contribution in [3.8, 4) is 33.5 Å². The van der Waals surface area contributed by atoms with Crippen LogP contribution in [0.3, 0.4) is 0 Å². The molecule has 2 aliphatic carbocycles. The molecule has 0 saturated heterocycles. The molecule has 0 saturated carbocycles. The molecule has 0 amide bonds. The number of aromatic nitrogens is 1. The SMILES string of the molecule is c1ccc2c(c1)-c1ccccc1C21c2ccccc2-c2c1ccc1c(-c3ccc4ccccc4c3)nc3ccccc3c21. The molecule has 0 unspecified atom stereocenters. The van der Waals surface area contributed by atoms with Gasteiger partial charge in [-0.2, -0.15) is 0 Å². The van der Waals surface area contributed by atoms with Gasteiger partial charge in [-0.15, -0.1) is 0 Å². The van der Waals surface area contributed by atoms with E-state index in [0.717, 1.165) is 16.8 Å². The van der Waals surface area contributed by atoms with Crippen LogP contribution in [-0.4, -0.2) is 4.98 Å². The first-order chi connectivity index (χ1) is 21.3. The topological polar surface area (TPSA) is 12.9 Å². The first-order valence-electron chi connectivity index (χ1n) is 15.0. The van der Waals surface area contributed by atoms with Crippen LogP contribution in [-0.2, 0) is 5.41 Å². The number of nitrogens with zero attached hydrogens (tertiary/aromatic N) is 1. The maximum Gasteiger partial charge on any atom is 0.0788 e. The van der Waals surface area contributed by atoms with Crippen LogP contribution in [0, 0.1) is 0 Å². The Morgan fingerprint density at radius 2 is 1.02 bits per heavy atom. The van der Waals surface area contributed by atoms with Crippen LogP contribution in [0.2, 0.25) is 0 Å². The van der Waals surface area contributed by atoms with Crippen LogP contribution < -0.4 is 0 Å². The zero-order valence-electron chi connectivity index (χ0n) is 23.4. The van der Waals surface area contributed by atoms with Gasteiger partial charge in [-0.3, -0.25) is 0 Å². The van der Waals surface area contributed by atoms with Crippen molar-refractivity contribution in [2.45, 2.75) is 5.41 Å². The Morgan fingerprint density at radius 1 is 0.419 bits per heavy atom. The Labute approximate surface area is 249 Å². The van der Waals surface area contributed by atoms with Crippen molar-refractivity contribution in [3.05, 3.63) is 174 Å². The third kappa shape index (κ3) is 2.84. The van der Waals surface area contributed by atoms with Gasteiger partial charge < -0.3 is 0 Å². The van der Waals surface area contributed by atoms with E-state index in [0.29, 0.717) is 0 Å². The predicted molar refractivity (Wildman–Crippen MR) is 178 cm³/mol. The zero-order chi connectivity index (χ0) is 28.1. The molecule has 10 rings (SSSR count). The van der Waals surface area contributed by atoms with Gasteiger partial charge in [-0.25, -0.2) is 4.98 Å². The lowest BCUT2D eigenvalue weighted by molar-refractivity contribution is 0.794. The van der Waals surface area contributed by atoms with Gasteiger partial charge in [-0.05, 0) is 67.4 Å². The fourth-order valence-electron chi connectivity index (χ4n) is 8.18. The number of benzene rings is 7. The minimum Gasteiger partial charge on any atom is -0.247 e. The summed E-state index contributed by atoms with van der Waals surface area (Å²) < 4.78 is 0. The second-order valence-electron chi connectivity index (χ2n) is 11.8. The molecular weight excluding hydrogens is 518 g/mol. The minimum atomic E-state index is -0.360. The molecule has 1 heterocycles. The van der Waals surface area contributed by atoms with Gasteiger partial charge in [0.15, 0.2) is 0 Å². The Hall–Kier alpha value is -5.53. The molecule has 0 radical (unpaired) electrons. The van der Waals surface area contributed by atoms with Gasteiger partial charge in [0.1, 0.15) is 0 Å². The monoisotopic (exact) mass is 543 g/mol. The van der Waals surface area contributed by atoms with E-state index in [1.54, 1.807) is 0 Å². The van der Waals surface area contributed by atoms with Crippen LogP contribution >= 0.6 is 0 Å². The third-order valence-electron chi connectivity index (χ3n) is 9.85. The Balaban J connectivity index is 1.39. The molecule has 43 heavy (non-hydrogen) atoms. The minimum absolute atomic E-state index is 0.360. The standard InChI is InChI=1S/C42H25N/c1-2-12-27-25-28(22-21-26(27)11-1)41-33-23-24-37-40(39(33)32-16-6-10-20-38(32)43-41)31-15-5-9-19-36(31)42(37)34-17-7-3-13-29(34)30-14-4-8-18-35(30)42/h1-25H. The molecule has 0 N–H and O–H groups in total. The fraction of sp³-hybridized carbons (Fsp3) is 0.0238. The average molecular weight is 544 g/mol. The van der Waals surface area contributed by atoms with Crippen molar-refractivity contribution in [3.63, 3.8) is 0 Å². The maximum atomic E-state index is 5.32. The van der Waals surface area contributed by atoms with Gasteiger partial charge in [0.05, 0.1) is 16.6 Å². The summed E-state index contributed by atoms with van der Waals surface area (Å²) in [5.41, 5.74) is 13.6. The number of rotatable bonds is 1. The molecule has 7 aromatic carbocycles. The molecule has 8 aromatic rings. The molecule has 0 fully saturated rings. The van der Waals surface area contributed by atoms with Gasteiger partial charge in [0, 0.05) is 21.7 Å². The summed E-state index contributed by atoms with van der Waals surface area (Å²) in [6.45, 7) is 0. The summed E-state index contributed by atoms with van der Waals surface area (Å²) in [7, 11) is 0. The highest BCUT2D eigenvalue weighted by Gasteiger charge is 2.51. The van der Waals surface area contributed by atoms with Gasteiger partial charge in [0.2, 0.25) is 0 Å². The molecule has 198 valence electrons. The largest absolute Gasteiger partial charge is 0.247 e. The van der Waals surface area contributed by atoms with Gasteiger partial charge >= 0.3 is 0 Å². The van der Waals surface area contributed by atoms with E-state index >= 15 is 0 Å². The second kappa shape index (κ2) is 8.27. The molecule has 1 heteroatoms. The van der Waals surface area contributed by atoms with E-state index in [2.05, 4.69) is 152 Å². The fourth-order valence-corrected chi connectivity index (χ4v) is 8.18. The third-order valence-corrected chi connectivity index (χ3v) is 9.85. The smallest absolute Gasteiger partial charge is 0.0788 e. The molecular formula is C42H25N. The molecule has 0 aliphatic heterocycles. The Morgan fingerprint density at radius 3 is 1.79 bits per heavy atom. The van der Waals surface area contributed by atoms with Crippen molar-refractivity contribution in [1.29, 1.82) is 0 Å². The lowest BCUT2D eigenvalue weighted by Crippen LogP contribution is -2.25.